The predicted octanol–water partition coefficient (Wildman–Crippen LogP) is 2.17. The Labute approximate surface area is 114 Å². The first-order chi connectivity index (χ1) is 9.16. The first kappa shape index (κ1) is 13.7. The van der Waals surface area contributed by atoms with E-state index in [1.54, 1.807) is 7.11 Å². The number of guanidine groups is 1. The van der Waals surface area contributed by atoms with Crippen LogP contribution in [0.5, 0.6) is 5.75 Å². The van der Waals surface area contributed by atoms with Gasteiger partial charge >= 0.3 is 0 Å². The second kappa shape index (κ2) is 5.95. The Bertz CT molecular complexity index is 429. The molecule has 0 amide bonds. The lowest BCUT2D eigenvalue weighted by Crippen LogP contribution is -2.34. The van der Waals surface area contributed by atoms with Crippen LogP contribution in [0, 0.1) is 0 Å². The van der Waals surface area contributed by atoms with Crippen LogP contribution in [0.25, 0.3) is 0 Å². The van der Waals surface area contributed by atoms with E-state index >= 15 is 0 Å². The van der Waals surface area contributed by atoms with E-state index in [0.717, 1.165) is 18.6 Å². The quantitative estimate of drug-likeness (QED) is 0.644. The molecular formula is C15H23N3O. The molecule has 0 radical (unpaired) electrons. The van der Waals surface area contributed by atoms with Crippen LogP contribution in [0.4, 0.5) is 0 Å². The van der Waals surface area contributed by atoms with Gasteiger partial charge in [-0.15, -0.1) is 0 Å². The van der Waals surface area contributed by atoms with Gasteiger partial charge in [-0.25, -0.2) is 0 Å². The van der Waals surface area contributed by atoms with Crippen LogP contribution in [0.15, 0.2) is 29.3 Å². The number of hydrogen-bond donors (Lipinski definition) is 2. The summed E-state index contributed by atoms with van der Waals surface area (Å²) in [5.41, 5.74) is 12.4. The van der Waals surface area contributed by atoms with E-state index in [4.69, 9.17) is 16.2 Å². The summed E-state index contributed by atoms with van der Waals surface area (Å²) < 4.78 is 5.22. The van der Waals surface area contributed by atoms with Crippen molar-refractivity contribution in [3.8, 4) is 5.75 Å². The highest BCUT2D eigenvalue weighted by atomic mass is 16.5. The Kier molecular flexibility index (Phi) is 4.30. The summed E-state index contributed by atoms with van der Waals surface area (Å²) in [7, 11) is 1.69. The largest absolute Gasteiger partial charge is 0.497 e. The molecule has 0 bridgehead atoms. The van der Waals surface area contributed by atoms with Crippen LogP contribution >= 0.6 is 0 Å². The van der Waals surface area contributed by atoms with Gasteiger partial charge in [0.1, 0.15) is 5.75 Å². The maximum absolute atomic E-state index is 5.50. The highest BCUT2D eigenvalue weighted by Crippen LogP contribution is 2.40. The van der Waals surface area contributed by atoms with Crippen molar-refractivity contribution in [3.63, 3.8) is 0 Å². The highest BCUT2D eigenvalue weighted by molar-refractivity contribution is 5.75. The van der Waals surface area contributed by atoms with Crippen molar-refractivity contribution in [1.82, 2.24) is 0 Å². The number of aliphatic imine (C=N–C) groups is 1. The van der Waals surface area contributed by atoms with Crippen molar-refractivity contribution in [1.29, 1.82) is 0 Å². The van der Waals surface area contributed by atoms with Crippen molar-refractivity contribution >= 4 is 5.96 Å². The van der Waals surface area contributed by atoms with Gasteiger partial charge in [0, 0.05) is 5.41 Å². The fourth-order valence-electron chi connectivity index (χ4n) is 2.95. The molecule has 0 unspecified atom stereocenters. The molecule has 19 heavy (non-hydrogen) atoms. The van der Waals surface area contributed by atoms with Crippen molar-refractivity contribution in [2.24, 2.45) is 16.5 Å². The molecule has 1 saturated carbocycles. The SMILES string of the molecule is COc1ccc(C2(CN=C(N)N)CCCCC2)cc1. The number of nitrogens with zero attached hydrogens (tertiary/aromatic N) is 1. The molecule has 1 fully saturated rings. The van der Waals surface area contributed by atoms with E-state index in [0.29, 0.717) is 6.54 Å². The van der Waals surface area contributed by atoms with Crippen LogP contribution in [0.1, 0.15) is 37.7 Å². The van der Waals surface area contributed by atoms with Crippen LogP contribution in [-0.2, 0) is 5.41 Å². The highest BCUT2D eigenvalue weighted by Gasteiger charge is 2.33. The number of rotatable bonds is 4. The lowest BCUT2D eigenvalue weighted by Gasteiger charge is -2.36. The van der Waals surface area contributed by atoms with E-state index in [1.165, 1.54) is 24.8 Å². The molecule has 2 rings (SSSR count). The van der Waals surface area contributed by atoms with Crippen LogP contribution in [-0.4, -0.2) is 19.6 Å². The third kappa shape index (κ3) is 3.19. The van der Waals surface area contributed by atoms with E-state index in [9.17, 15) is 0 Å². The normalized spacial score (nSPS) is 17.7. The average molecular weight is 261 g/mol. The van der Waals surface area contributed by atoms with E-state index in [-0.39, 0.29) is 11.4 Å². The molecule has 1 aromatic rings. The molecule has 4 heteroatoms. The van der Waals surface area contributed by atoms with Gasteiger partial charge in [-0.1, -0.05) is 31.4 Å². The van der Waals surface area contributed by atoms with Crippen LogP contribution in [0.3, 0.4) is 0 Å². The Balaban J connectivity index is 2.27. The molecule has 4 N–H and O–H groups in total. The Morgan fingerprint density at radius 1 is 1.16 bits per heavy atom. The van der Waals surface area contributed by atoms with E-state index in [2.05, 4.69) is 17.1 Å². The molecule has 0 aliphatic heterocycles. The summed E-state index contributed by atoms with van der Waals surface area (Å²) >= 11 is 0. The molecule has 1 aromatic carbocycles. The fourth-order valence-corrected chi connectivity index (χ4v) is 2.95. The maximum Gasteiger partial charge on any atom is 0.185 e. The van der Waals surface area contributed by atoms with Crippen molar-refractivity contribution < 1.29 is 4.74 Å². The standard InChI is InChI=1S/C15H23N3O/c1-19-13-7-5-12(6-8-13)15(11-18-14(16)17)9-3-2-4-10-15/h5-8H,2-4,9-11H2,1H3,(H4,16,17,18). The average Bonchev–Trinajstić information content (AvgIpc) is 2.46. The zero-order valence-corrected chi connectivity index (χ0v) is 11.6. The van der Waals surface area contributed by atoms with Gasteiger partial charge in [0.25, 0.3) is 0 Å². The third-order valence-electron chi connectivity index (χ3n) is 4.08. The summed E-state index contributed by atoms with van der Waals surface area (Å²) in [5, 5.41) is 0. The minimum Gasteiger partial charge on any atom is -0.497 e. The van der Waals surface area contributed by atoms with Crippen molar-refractivity contribution in [3.05, 3.63) is 29.8 Å². The molecule has 0 heterocycles. The lowest BCUT2D eigenvalue weighted by molar-refractivity contribution is 0.301. The van der Waals surface area contributed by atoms with Gasteiger partial charge in [0.2, 0.25) is 0 Å². The molecule has 0 saturated heterocycles. The first-order valence-corrected chi connectivity index (χ1v) is 6.86. The maximum atomic E-state index is 5.50. The number of benzene rings is 1. The van der Waals surface area contributed by atoms with Gasteiger partial charge in [-0.05, 0) is 30.5 Å². The molecule has 0 atom stereocenters. The second-order valence-corrected chi connectivity index (χ2v) is 5.31. The number of hydrogen-bond acceptors (Lipinski definition) is 2. The number of methoxy groups -OCH3 is 1. The van der Waals surface area contributed by atoms with Gasteiger partial charge < -0.3 is 16.2 Å². The number of nitrogens with two attached hydrogens (primary N) is 2. The number of ether oxygens (including phenoxy) is 1. The van der Waals surface area contributed by atoms with Gasteiger partial charge in [0.05, 0.1) is 13.7 Å². The minimum atomic E-state index is 0.0918. The summed E-state index contributed by atoms with van der Waals surface area (Å²) in [4.78, 5) is 4.28. The van der Waals surface area contributed by atoms with Gasteiger partial charge in [-0.2, -0.15) is 0 Å². The molecule has 1 aliphatic carbocycles. The first-order valence-electron chi connectivity index (χ1n) is 6.86. The topological polar surface area (TPSA) is 73.6 Å². The van der Waals surface area contributed by atoms with E-state index in [1.807, 2.05) is 12.1 Å². The van der Waals surface area contributed by atoms with Crippen LogP contribution < -0.4 is 16.2 Å². The second-order valence-electron chi connectivity index (χ2n) is 5.31. The minimum absolute atomic E-state index is 0.0918. The Morgan fingerprint density at radius 2 is 1.79 bits per heavy atom. The van der Waals surface area contributed by atoms with Gasteiger partial charge in [0.15, 0.2) is 5.96 Å². The fraction of sp³-hybridized carbons (Fsp3) is 0.533. The Hall–Kier alpha value is -1.71. The predicted molar refractivity (Wildman–Crippen MR) is 78.4 cm³/mol. The molecule has 0 aromatic heterocycles. The third-order valence-corrected chi connectivity index (χ3v) is 4.08. The molecule has 0 spiro atoms. The lowest BCUT2D eigenvalue weighted by atomic mass is 9.69. The summed E-state index contributed by atoms with van der Waals surface area (Å²) in [6, 6.07) is 8.32. The zero-order chi connectivity index (χ0) is 13.7. The molecule has 104 valence electrons. The van der Waals surface area contributed by atoms with Gasteiger partial charge in [-0.3, -0.25) is 4.99 Å². The zero-order valence-electron chi connectivity index (χ0n) is 11.6. The summed E-state index contributed by atoms with van der Waals surface area (Å²) in [6.07, 6.45) is 6.09. The molecule has 4 nitrogen and oxygen atoms in total. The Morgan fingerprint density at radius 3 is 2.32 bits per heavy atom. The molecule has 1 aliphatic rings. The smallest absolute Gasteiger partial charge is 0.185 e. The monoisotopic (exact) mass is 261 g/mol. The van der Waals surface area contributed by atoms with E-state index < -0.39 is 0 Å². The molecular weight excluding hydrogens is 238 g/mol. The summed E-state index contributed by atoms with van der Waals surface area (Å²) in [6.45, 7) is 0.682. The van der Waals surface area contributed by atoms with Crippen molar-refractivity contribution in [2.75, 3.05) is 13.7 Å². The summed E-state index contributed by atoms with van der Waals surface area (Å²) in [5.74, 6) is 1.06. The van der Waals surface area contributed by atoms with Crippen molar-refractivity contribution in [2.45, 2.75) is 37.5 Å². The van der Waals surface area contributed by atoms with Crippen LogP contribution in [0.2, 0.25) is 0 Å².